The van der Waals surface area contributed by atoms with Crippen LogP contribution in [0.15, 0.2) is 23.1 Å². The van der Waals surface area contributed by atoms with E-state index < -0.39 is 10.0 Å². The lowest BCUT2D eigenvalue weighted by atomic mass is 9.97. The number of nitrogens with zero attached hydrogens (tertiary/aromatic N) is 4. The summed E-state index contributed by atoms with van der Waals surface area (Å²) in [4.78, 5) is 14.7. The van der Waals surface area contributed by atoms with E-state index in [1.54, 1.807) is 16.4 Å². The number of hydrogen-bond acceptors (Lipinski definition) is 6. The number of aromatic nitrogens is 2. The fourth-order valence-corrected chi connectivity index (χ4v) is 7.44. The van der Waals surface area contributed by atoms with Crippen molar-refractivity contribution in [3.63, 3.8) is 0 Å². The van der Waals surface area contributed by atoms with Crippen molar-refractivity contribution in [2.45, 2.75) is 51.3 Å². The van der Waals surface area contributed by atoms with Gasteiger partial charge in [-0.25, -0.2) is 18.4 Å². The molecule has 3 heterocycles. The average molecular weight is 457 g/mol. The Morgan fingerprint density at radius 1 is 0.935 bits per heavy atom. The first-order valence-corrected chi connectivity index (χ1v) is 13.2. The van der Waals surface area contributed by atoms with Gasteiger partial charge in [-0.3, -0.25) is 0 Å². The van der Waals surface area contributed by atoms with Crippen molar-refractivity contribution in [3.8, 4) is 0 Å². The molecule has 1 saturated heterocycles. The number of piperazine rings is 1. The van der Waals surface area contributed by atoms with Gasteiger partial charge >= 0.3 is 0 Å². The molecule has 0 atom stereocenters. The van der Waals surface area contributed by atoms with E-state index in [1.807, 2.05) is 38.2 Å². The topological polar surface area (TPSA) is 66.4 Å². The standard InChI is InChI=1S/C23H28N4O2S2/c1-15-8-9-18(14-16(15)2)31(28,29)27-12-10-26(11-13-27)22-21-19-6-4-5-7-20(19)30-23(21)25-17(3)24-22/h8-9,14H,4-7,10-13H2,1-3H3. The van der Waals surface area contributed by atoms with Crippen LogP contribution in [0.5, 0.6) is 0 Å². The van der Waals surface area contributed by atoms with Crippen LogP contribution in [-0.2, 0) is 22.9 Å². The molecule has 8 heteroatoms. The summed E-state index contributed by atoms with van der Waals surface area (Å²) < 4.78 is 28.0. The van der Waals surface area contributed by atoms with Gasteiger partial charge in [0.1, 0.15) is 16.5 Å². The van der Waals surface area contributed by atoms with Crippen LogP contribution in [0.25, 0.3) is 10.2 Å². The van der Waals surface area contributed by atoms with Crippen LogP contribution in [0.3, 0.4) is 0 Å². The third-order valence-electron chi connectivity index (χ3n) is 6.56. The third kappa shape index (κ3) is 3.64. The molecular weight excluding hydrogens is 428 g/mol. The van der Waals surface area contributed by atoms with E-state index in [0.29, 0.717) is 31.1 Å². The van der Waals surface area contributed by atoms with Crippen molar-refractivity contribution in [1.82, 2.24) is 14.3 Å². The molecule has 2 aliphatic rings. The zero-order valence-corrected chi connectivity index (χ0v) is 19.9. The molecule has 5 rings (SSSR count). The van der Waals surface area contributed by atoms with Crippen molar-refractivity contribution in [2.24, 2.45) is 0 Å². The molecule has 1 aromatic carbocycles. The maximum atomic E-state index is 13.2. The van der Waals surface area contributed by atoms with Gasteiger partial charge < -0.3 is 4.90 Å². The Morgan fingerprint density at radius 3 is 2.42 bits per heavy atom. The highest BCUT2D eigenvalue weighted by molar-refractivity contribution is 7.89. The summed E-state index contributed by atoms with van der Waals surface area (Å²) in [5, 5.41) is 1.20. The monoisotopic (exact) mass is 456 g/mol. The largest absolute Gasteiger partial charge is 0.353 e. The molecule has 0 unspecified atom stereocenters. The molecule has 1 fully saturated rings. The second-order valence-corrected chi connectivity index (χ2v) is 11.6. The van der Waals surface area contributed by atoms with E-state index in [-0.39, 0.29) is 0 Å². The minimum atomic E-state index is -3.49. The molecule has 0 amide bonds. The van der Waals surface area contributed by atoms with Crippen molar-refractivity contribution < 1.29 is 8.42 Å². The lowest BCUT2D eigenvalue weighted by Gasteiger charge is -2.35. The minimum absolute atomic E-state index is 0.385. The Morgan fingerprint density at radius 2 is 1.68 bits per heavy atom. The first kappa shape index (κ1) is 20.8. The molecule has 0 bridgehead atoms. The molecule has 2 aromatic heterocycles. The molecule has 0 radical (unpaired) electrons. The SMILES string of the molecule is Cc1nc(N2CCN(S(=O)(=O)c3ccc(C)c(C)c3)CC2)c2c3c(sc2n1)CCCC3. The van der Waals surface area contributed by atoms with Gasteiger partial charge in [0.05, 0.1) is 10.3 Å². The molecule has 6 nitrogen and oxygen atoms in total. The summed E-state index contributed by atoms with van der Waals surface area (Å²) in [6.07, 6.45) is 4.69. The molecule has 1 aliphatic heterocycles. The second kappa shape index (κ2) is 7.83. The maximum absolute atomic E-state index is 13.2. The van der Waals surface area contributed by atoms with Crippen LogP contribution >= 0.6 is 11.3 Å². The fraction of sp³-hybridized carbons (Fsp3) is 0.478. The molecule has 1 aliphatic carbocycles. The molecule has 3 aromatic rings. The highest BCUT2D eigenvalue weighted by Gasteiger charge is 2.31. The summed E-state index contributed by atoms with van der Waals surface area (Å²) >= 11 is 1.81. The van der Waals surface area contributed by atoms with Gasteiger partial charge in [0.25, 0.3) is 0 Å². The van der Waals surface area contributed by atoms with Crippen LogP contribution in [-0.4, -0.2) is 48.9 Å². The normalized spacial score (nSPS) is 17.8. The van der Waals surface area contributed by atoms with Crippen molar-refractivity contribution in [2.75, 3.05) is 31.1 Å². The van der Waals surface area contributed by atoms with Gasteiger partial charge in [-0.05, 0) is 75.3 Å². The Bertz CT molecular complexity index is 1260. The molecule has 0 N–H and O–H groups in total. The van der Waals surface area contributed by atoms with E-state index in [0.717, 1.165) is 40.4 Å². The number of hydrogen-bond donors (Lipinski definition) is 0. The van der Waals surface area contributed by atoms with Crippen LogP contribution in [0.4, 0.5) is 5.82 Å². The Kier molecular flexibility index (Phi) is 5.27. The third-order valence-corrected chi connectivity index (χ3v) is 9.64. The maximum Gasteiger partial charge on any atom is 0.243 e. The number of thiophene rings is 1. The van der Waals surface area contributed by atoms with Gasteiger partial charge in [-0.15, -0.1) is 11.3 Å². The first-order chi connectivity index (χ1) is 14.8. The van der Waals surface area contributed by atoms with E-state index in [9.17, 15) is 8.42 Å². The number of aryl methyl sites for hydroxylation is 5. The second-order valence-electron chi connectivity index (χ2n) is 8.62. The van der Waals surface area contributed by atoms with Crippen LogP contribution < -0.4 is 4.90 Å². The van der Waals surface area contributed by atoms with E-state index >= 15 is 0 Å². The van der Waals surface area contributed by atoms with Gasteiger partial charge in [0.2, 0.25) is 10.0 Å². The molecule has 164 valence electrons. The Hall–Kier alpha value is -2.03. The van der Waals surface area contributed by atoms with Crippen LogP contribution in [0.1, 0.15) is 40.2 Å². The van der Waals surface area contributed by atoms with Crippen LogP contribution in [0.2, 0.25) is 0 Å². The lowest BCUT2D eigenvalue weighted by Crippen LogP contribution is -2.49. The van der Waals surface area contributed by atoms with Gasteiger partial charge in [-0.2, -0.15) is 4.31 Å². The zero-order chi connectivity index (χ0) is 21.8. The highest BCUT2D eigenvalue weighted by atomic mass is 32.2. The molecule has 31 heavy (non-hydrogen) atoms. The predicted octanol–water partition coefficient (Wildman–Crippen LogP) is 4.01. The number of rotatable bonds is 3. The average Bonchev–Trinajstić information content (AvgIpc) is 3.13. The highest BCUT2D eigenvalue weighted by Crippen LogP contribution is 2.40. The number of sulfonamides is 1. The van der Waals surface area contributed by atoms with E-state index in [1.165, 1.54) is 28.7 Å². The fourth-order valence-electron chi connectivity index (χ4n) is 4.63. The summed E-state index contributed by atoms with van der Waals surface area (Å²) in [7, 11) is -3.49. The van der Waals surface area contributed by atoms with Gasteiger partial charge in [-0.1, -0.05) is 6.07 Å². The minimum Gasteiger partial charge on any atom is -0.353 e. The van der Waals surface area contributed by atoms with Crippen molar-refractivity contribution in [1.29, 1.82) is 0 Å². The lowest BCUT2D eigenvalue weighted by molar-refractivity contribution is 0.384. The molecule has 0 spiro atoms. The van der Waals surface area contributed by atoms with Gasteiger partial charge in [0, 0.05) is 31.1 Å². The summed E-state index contributed by atoms with van der Waals surface area (Å²) in [6.45, 7) is 8.11. The van der Waals surface area contributed by atoms with Gasteiger partial charge in [0.15, 0.2) is 0 Å². The number of fused-ring (bicyclic) bond motifs is 3. The van der Waals surface area contributed by atoms with Crippen LogP contribution in [0, 0.1) is 20.8 Å². The first-order valence-electron chi connectivity index (χ1n) is 11.0. The number of anilines is 1. The zero-order valence-electron chi connectivity index (χ0n) is 18.3. The number of benzene rings is 1. The summed E-state index contributed by atoms with van der Waals surface area (Å²) in [5.41, 5.74) is 3.53. The van der Waals surface area contributed by atoms with Crippen molar-refractivity contribution >= 4 is 37.4 Å². The Balaban J connectivity index is 1.42. The Labute approximate surface area is 188 Å². The molecule has 0 saturated carbocycles. The van der Waals surface area contributed by atoms with Crippen molar-refractivity contribution in [3.05, 3.63) is 45.6 Å². The quantitative estimate of drug-likeness (QED) is 0.596. The summed E-state index contributed by atoms with van der Waals surface area (Å²) in [5.74, 6) is 1.77. The summed E-state index contributed by atoms with van der Waals surface area (Å²) in [6, 6.07) is 5.39. The smallest absolute Gasteiger partial charge is 0.243 e. The van der Waals surface area contributed by atoms with E-state index in [4.69, 9.17) is 9.97 Å². The molecular formula is C23H28N4O2S2. The van der Waals surface area contributed by atoms with E-state index in [2.05, 4.69) is 4.90 Å². The predicted molar refractivity (Wildman–Crippen MR) is 126 cm³/mol.